The van der Waals surface area contributed by atoms with E-state index >= 15 is 0 Å². The van der Waals surface area contributed by atoms with Gasteiger partial charge in [-0.25, -0.2) is 0 Å². The van der Waals surface area contributed by atoms with E-state index < -0.39 is 0 Å². The average Bonchev–Trinajstić information content (AvgIpc) is 3.53. The summed E-state index contributed by atoms with van der Waals surface area (Å²) in [5.74, 6) is 0.828. The van der Waals surface area contributed by atoms with E-state index in [1.807, 2.05) is 18.2 Å². The highest BCUT2D eigenvalue weighted by molar-refractivity contribution is 5.99. The lowest BCUT2D eigenvalue weighted by atomic mass is 9.69. The quantitative estimate of drug-likeness (QED) is 0.421. The Morgan fingerprint density at radius 3 is 1.20 bits per heavy atom. The van der Waals surface area contributed by atoms with Crippen LogP contribution in [0.1, 0.15) is 97.8 Å². The Hall–Kier alpha value is -2.37. The van der Waals surface area contributed by atoms with Crippen molar-refractivity contribution in [3.05, 3.63) is 18.2 Å². The van der Waals surface area contributed by atoms with Gasteiger partial charge in [-0.05, 0) is 80.9 Å². The summed E-state index contributed by atoms with van der Waals surface area (Å²) in [5.41, 5.74) is 2.15. The number of hydrogen-bond acceptors (Lipinski definition) is 3. The summed E-state index contributed by atoms with van der Waals surface area (Å²) in [6, 6.07) is 5.44. The molecule has 0 saturated heterocycles. The van der Waals surface area contributed by atoms with Crippen LogP contribution in [-0.2, 0) is 14.4 Å². The largest absolute Gasteiger partial charge is 0.326 e. The molecule has 0 radical (unpaired) electrons. The van der Waals surface area contributed by atoms with E-state index in [1.54, 1.807) is 0 Å². The van der Waals surface area contributed by atoms with Gasteiger partial charge in [0.25, 0.3) is 0 Å². The first-order valence-electron chi connectivity index (χ1n) is 13.8. The van der Waals surface area contributed by atoms with Crippen LogP contribution in [0.15, 0.2) is 18.2 Å². The third kappa shape index (κ3) is 6.86. The van der Waals surface area contributed by atoms with Crippen LogP contribution < -0.4 is 16.0 Å². The van der Waals surface area contributed by atoms with E-state index in [1.165, 1.54) is 0 Å². The van der Waals surface area contributed by atoms with Crippen molar-refractivity contribution in [1.82, 2.24) is 0 Å². The van der Waals surface area contributed by atoms with Gasteiger partial charge >= 0.3 is 0 Å². The second kappa shape index (κ2) is 11.1. The summed E-state index contributed by atoms with van der Waals surface area (Å²) >= 11 is 0. The van der Waals surface area contributed by atoms with Crippen molar-refractivity contribution < 1.29 is 14.4 Å². The highest BCUT2D eigenvalue weighted by Gasteiger charge is 2.32. The van der Waals surface area contributed by atoms with Crippen molar-refractivity contribution in [2.45, 2.75) is 97.8 Å². The Kier molecular flexibility index (Phi) is 8.18. The van der Waals surface area contributed by atoms with Crippen LogP contribution in [0, 0.1) is 29.1 Å². The molecule has 0 unspecified atom stereocenters. The molecule has 0 atom stereocenters. The molecule has 0 heterocycles. The summed E-state index contributed by atoms with van der Waals surface area (Å²) in [7, 11) is 0. The Balaban J connectivity index is 1.45. The van der Waals surface area contributed by atoms with Gasteiger partial charge in [-0.15, -0.1) is 0 Å². The molecule has 0 aliphatic heterocycles. The number of carbonyl (C=O) groups excluding carboxylic acids is 3. The maximum Gasteiger partial charge on any atom is 0.227 e. The van der Waals surface area contributed by atoms with Gasteiger partial charge in [-0.1, -0.05) is 46.5 Å². The predicted molar refractivity (Wildman–Crippen MR) is 141 cm³/mol. The van der Waals surface area contributed by atoms with Crippen molar-refractivity contribution in [2.75, 3.05) is 16.0 Å². The Bertz CT molecular complexity index is 867. The molecule has 35 heavy (non-hydrogen) atoms. The van der Waals surface area contributed by atoms with Gasteiger partial charge in [-0.3, -0.25) is 14.4 Å². The summed E-state index contributed by atoms with van der Waals surface area (Å²) in [5, 5.41) is 9.17. The first-order valence-corrected chi connectivity index (χ1v) is 13.8. The highest BCUT2D eigenvalue weighted by atomic mass is 16.2. The molecule has 3 amide bonds. The molecule has 6 heteroatoms. The second-order valence-corrected chi connectivity index (χ2v) is 12.1. The molecule has 0 bridgehead atoms. The molecule has 3 fully saturated rings. The highest BCUT2D eigenvalue weighted by Crippen LogP contribution is 2.40. The topological polar surface area (TPSA) is 87.3 Å². The summed E-state index contributed by atoms with van der Waals surface area (Å²) in [6.07, 6.45) is 12.0. The Morgan fingerprint density at radius 1 is 0.571 bits per heavy atom. The van der Waals surface area contributed by atoms with Gasteiger partial charge < -0.3 is 16.0 Å². The van der Waals surface area contributed by atoms with Crippen LogP contribution in [0.5, 0.6) is 0 Å². The zero-order valence-corrected chi connectivity index (χ0v) is 21.8. The molecule has 3 N–H and O–H groups in total. The number of amides is 3. The van der Waals surface area contributed by atoms with Crippen LogP contribution in [0.3, 0.4) is 0 Å². The van der Waals surface area contributed by atoms with Gasteiger partial charge in [0.2, 0.25) is 17.7 Å². The van der Waals surface area contributed by atoms with Crippen LogP contribution in [0.2, 0.25) is 0 Å². The minimum Gasteiger partial charge on any atom is -0.326 e. The predicted octanol–water partition coefficient (Wildman–Crippen LogP) is 6.74. The van der Waals surface area contributed by atoms with Crippen molar-refractivity contribution in [2.24, 2.45) is 29.1 Å². The molecule has 0 spiro atoms. The molecule has 3 saturated carbocycles. The molecule has 192 valence electrons. The minimum absolute atomic E-state index is 0.00173. The lowest BCUT2D eigenvalue weighted by molar-refractivity contribution is -0.121. The van der Waals surface area contributed by atoms with Crippen LogP contribution >= 0.6 is 0 Å². The van der Waals surface area contributed by atoms with Crippen molar-refractivity contribution in [1.29, 1.82) is 0 Å². The lowest BCUT2D eigenvalue weighted by Crippen LogP contribution is -2.31. The molecule has 1 aromatic rings. The molecule has 0 aromatic heterocycles. The number of benzene rings is 1. The normalized spacial score (nSPS) is 23.7. The zero-order valence-electron chi connectivity index (χ0n) is 21.8. The van der Waals surface area contributed by atoms with Gasteiger partial charge in [0.05, 0.1) is 0 Å². The maximum absolute atomic E-state index is 13.1. The zero-order chi connectivity index (χ0) is 25.0. The van der Waals surface area contributed by atoms with Gasteiger partial charge in [-0.2, -0.15) is 0 Å². The first kappa shape index (κ1) is 25.7. The number of nitrogens with one attached hydrogen (secondary N) is 3. The monoisotopic (exact) mass is 481 g/mol. The number of carbonyl (C=O) groups is 3. The molecule has 3 aliphatic rings. The molecule has 3 aliphatic carbocycles. The van der Waals surface area contributed by atoms with Crippen molar-refractivity contribution in [3.8, 4) is 0 Å². The standard InChI is InChI=1S/C29H43N3O3/c1-29(2,3)22-14-12-21(13-15-22)28(35)32-25-17-23(30-26(33)19-8-4-5-9-19)16-24(18-25)31-27(34)20-10-6-7-11-20/h16-22H,4-15H2,1-3H3,(H,30,33)(H,31,34)(H,32,35)/t21-,22-. The summed E-state index contributed by atoms with van der Waals surface area (Å²) in [4.78, 5) is 38.7. The van der Waals surface area contributed by atoms with Gasteiger partial charge in [0.15, 0.2) is 0 Å². The molecule has 1 aromatic carbocycles. The number of rotatable bonds is 6. The summed E-state index contributed by atoms with van der Waals surface area (Å²) < 4.78 is 0. The summed E-state index contributed by atoms with van der Waals surface area (Å²) in [6.45, 7) is 6.85. The fourth-order valence-electron chi connectivity index (χ4n) is 6.17. The molecule has 6 nitrogen and oxygen atoms in total. The molecular weight excluding hydrogens is 438 g/mol. The second-order valence-electron chi connectivity index (χ2n) is 12.1. The average molecular weight is 482 g/mol. The lowest BCUT2D eigenvalue weighted by Gasteiger charge is -2.36. The van der Waals surface area contributed by atoms with Crippen molar-refractivity contribution >= 4 is 34.8 Å². The molecule has 4 rings (SSSR count). The smallest absolute Gasteiger partial charge is 0.227 e. The van der Waals surface area contributed by atoms with E-state index in [4.69, 9.17) is 0 Å². The van der Waals surface area contributed by atoms with E-state index in [-0.39, 0.29) is 40.9 Å². The third-order valence-corrected chi connectivity index (χ3v) is 8.51. The van der Waals surface area contributed by atoms with E-state index in [0.717, 1.165) is 77.0 Å². The van der Waals surface area contributed by atoms with E-state index in [2.05, 4.69) is 36.7 Å². The van der Waals surface area contributed by atoms with E-state index in [9.17, 15) is 14.4 Å². The minimum atomic E-state index is 0.00173. The molecular formula is C29H43N3O3. The van der Waals surface area contributed by atoms with Gasteiger partial charge in [0, 0.05) is 34.8 Å². The third-order valence-electron chi connectivity index (χ3n) is 8.51. The fourth-order valence-corrected chi connectivity index (χ4v) is 6.17. The van der Waals surface area contributed by atoms with Crippen LogP contribution in [0.25, 0.3) is 0 Å². The Labute approximate surface area is 210 Å². The van der Waals surface area contributed by atoms with Crippen LogP contribution in [-0.4, -0.2) is 17.7 Å². The number of hydrogen-bond donors (Lipinski definition) is 3. The first-order chi connectivity index (χ1) is 16.7. The SMILES string of the molecule is CC(C)(C)[C@H]1CC[C@H](C(=O)Nc2cc(NC(=O)C3CCCC3)cc(NC(=O)C3CCCC3)c2)CC1. The Morgan fingerprint density at radius 2 is 0.886 bits per heavy atom. The van der Waals surface area contributed by atoms with Crippen LogP contribution in [0.4, 0.5) is 17.1 Å². The van der Waals surface area contributed by atoms with Gasteiger partial charge in [0.1, 0.15) is 0 Å². The number of anilines is 3. The van der Waals surface area contributed by atoms with E-state index in [0.29, 0.717) is 23.0 Å². The maximum atomic E-state index is 13.1. The fraction of sp³-hybridized carbons (Fsp3) is 0.690. The van der Waals surface area contributed by atoms with Crippen molar-refractivity contribution in [3.63, 3.8) is 0 Å².